The van der Waals surface area contributed by atoms with E-state index in [1.165, 1.54) is 6.07 Å². The monoisotopic (exact) mass is 255 g/mol. The van der Waals surface area contributed by atoms with E-state index in [0.717, 1.165) is 11.3 Å². The molecular weight excluding hydrogens is 246 g/mol. The maximum absolute atomic E-state index is 11.0. The molecule has 0 aliphatic carbocycles. The van der Waals surface area contributed by atoms with Gasteiger partial charge in [0.2, 0.25) is 10.0 Å². The van der Waals surface area contributed by atoms with Crippen LogP contribution in [-0.4, -0.2) is 13.5 Å². The smallest absolute Gasteiger partial charge is 0.249 e. The van der Waals surface area contributed by atoms with Crippen LogP contribution in [0.2, 0.25) is 5.02 Å². The minimum Gasteiger partial charge on any atom is -0.385 e. The van der Waals surface area contributed by atoms with Crippen LogP contribution in [-0.2, 0) is 15.6 Å². The first kappa shape index (κ1) is 11.9. The lowest BCUT2D eigenvalue weighted by Crippen LogP contribution is -2.13. The predicted molar refractivity (Wildman–Crippen MR) is 55.9 cm³/mol. The van der Waals surface area contributed by atoms with Crippen LogP contribution in [0.4, 0.5) is 0 Å². The fourth-order valence-corrected chi connectivity index (χ4v) is 3.31. The number of hydrogen-bond donors (Lipinski definition) is 2. The molecule has 1 aromatic rings. The second-order valence-corrected chi connectivity index (χ2v) is 6.57. The molecule has 0 aliphatic heterocycles. The molecule has 3 N–H and O–H groups in total. The van der Waals surface area contributed by atoms with E-state index in [1.807, 2.05) is 0 Å². The van der Waals surface area contributed by atoms with Crippen molar-refractivity contribution in [1.29, 1.82) is 0 Å². The Kier molecular flexibility index (Phi) is 2.95. The van der Waals surface area contributed by atoms with E-state index in [2.05, 4.69) is 0 Å². The summed E-state index contributed by atoms with van der Waals surface area (Å²) in [5.41, 5.74) is -1.11. The van der Waals surface area contributed by atoms with E-state index < -0.39 is 15.6 Å². The first-order valence-electron chi connectivity index (χ1n) is 3.67. The summed E-state index contributed by atoms with van der Waals surface area (Å²) in [4.78, 5) is 0.464. The van der Waals surface area contributed by atoms with Gasteiger partial charge in [-0.25, -0.2) is 13.6 Å². The van der Waals surface area contributed by atoms with Crippen molar-refractivity contribution < 1.29 is 13.5 Å². The van der Waals surface area contributed by atoms with Crippen molar-refractivity contribution in [3.63, 3.8) is 0 Å². The van der Waals surface area contributed by atoms with Crippen LogP contribution in [0.3, 0.4) is 0 Å². The van der Waals surface area contributed by atoms with Crippen LogP contribution in [0.5, 0.6) is 0 Å². The van der Waals surface area contributed by atoms with Crippen molar-refractivity contribution in [2.24, 2.45) is 5.14 Å². The van der Waals surface area contributed by atoms with Gasteiger partial charge in [-0.2, -0.15) is 0 Å². The zero-order valence-electron chi connectivity index (χ0n) is 7.61. The Morgan fingerprint density at radius 3 is 2.29 bits per heavy atom. The third-order valence-electron chi connectivity index (χ3n) is 1.52. The summed E-state index contributed by atoms with van der Waals surface area (Å²) in [7, 11) is -3.80. The Balaban J connectivity index is 3.33. The van der Waals surface area contributed by atoms with Gasteiger partial charge in [-0.3, -0.25) is 0 Å². The third-order valence-corrected chi connectivity index (χ3v) is 4.97. The molecule has 0 saturated carbocycles. The molecule has 0 unspecified atom stereocenters. The van der Waals surface area contributed by atoms with Gasteiger partial charge in [-0.15, -0.1) is 11.3 Å². The molecule has 1 aromatic heterocycles. The maximum atomic E-state index is 11.0. The highest BCUT2D eigenvalue weighted by Gasteiger charge is 2.24. The Labute approximate surface area is 91.4 Å². The number of sulfonamides is 1. The van der Waals surface area contributed by atoms with Gasteiger partial charge in [0.05, 0.1) is 10.6 Å². The van der Waals surface area contributed by atoms with E-state index in [9.17, 15) is 13.5 Å². The first-order chi connectivity index (χ1) is 6.12. The molecular formula is C7H10ClNO3S2. The van der Waals surface area contributed by atoms with Crippen LogP contribution in [0, 0.1) is 0 Å². The summed E-state index contributed by atoms with van der Waals surface area (Å²) in [6, 6.07) is 1.41. The molecule has 0 saturated heterocycles. The SMILES string of the molecule is CC(C)(O)c1cc(Cl)c(S(N)(=O)=O)s1. The molecule has 7 heteroatoms. The molecule has 0 radical (unpaired) electrons. The van der Waals surface area contributed by atoms with Crippen LogP contribution in [0.1, 0.15) is 18.7 Å². The Morgan fingerprint density at radius 2 is 2.07 bits per heavy atom. The highest BCUT2D eigenvalue weighted by atomic mass is 35.5. The number of hydrogen-bond acceptors (Lipinski definition) is 4. The molecule has 80 valence electrons. The fourth-order valence-electron chi connectivity index (χ4n) is 0.848. The van der Waals surface area contributed by atoms with E-state index >= 15 is 0 Å². The lowest BCUT2D eigenvalue weighted by Gasteiger charge is -2.13. The van der Waals surface area contributed by atoms with Crippen LogP contribution in [0.15, 0.2) is 10.3 Å². The zero-order valence-corrected chi connectivity index (χ0v) is 10.0. The lowest BCUT2D eigenvalue weighted by atomic mass is 10.1. The van der Waals surface area contributed by atoms with Crippen molar-refractivity contribution in [2.45, 2.75) is 23.7 Å². The number of nitrogens with two attached hydrogens (primary N) is 1. The van der Waals surface area contributed by atoms with E-state index in [4.69, 9.17) is 16.7 Å². The van der Waals surface area contributed by atoms with Gasteiger partial charge in [-0.05, 0) is 19.9 Å². The summed E-state index contributed by atoms with van der Waals surface area (Å²) in [5.74, 6) is 0. The van der Waals surface area contributed by atoms with Gasteiger partial charge >= 0.3 is 0 Å². The van der Waals surface area contributed by atoms with E-state index in [1.54, 1.807) is 13.8 Å². The quantitative estimate of drug-likeness (QED) is 0.835. The average molecular weight is 256 g/mol. The maximum Gasteiger partial charge on any atom is 0.249 e. The van der Waals surface area contributed by atoms with Crippen LogP contribution >= 0.6 is 22.9 Å². The minimum atomic E-state index is -3.80. The Morgan fingerprint density at radius 1 is 1.57 bits per heavy atom. The van der Waals surface area contributed by atoms with Gasteiger partial charge in [-0.1, -0.05) is 11.6 Å². The molecule has 14 heavy (non-hydrogen) atoms. The average Bonchev–Trinajstić information content (AvgIpc) is 2.27. The highest BCUT2D eigenvalue weighted by Crippen LogP contribution is 2.35. The molecule has 0 bridgehead atoms. The van der Waals surface area contributed by atoms with Gasteiger partial charge in [0.25, 0.3) is 0 Å². The molecule has 0 fully saturated rings. The molecule has 1 heterocycles. The summed E-state index contributed by atoms with van der Waals surface area (Å²) in [6.45, 7) is 3.09. The number of halogens is 1. The number of rotatable bonds is 2. The van der Waals surface area contributed by atoms with Crippen LogP contribution < -0.4 is 5.14 Å². The van der Waals surface area contributed by atoms with Crippen molar-refractivity contribution >= 4 is 33.0 Å². The van der Waals surface area contributed by atoms with Crippen molar-refractivity contribution in [1.82, 2.24) is 0 Å². The second kappa shape index (κ2) is 3.46. The van der Waals surface area contributed by atoms with Crippen molar-refractivity contribution in [3.05, 3.63) is 16.0 Å². The normalized spacial score (nSPS) is 13.2. The van der Waals surface area contributed by atoms with E-state index in [0.29, 0.717) is 4.88 Å². The Hall–Kier alpha value is -0.140. The molecule has 0 atom stereocenters. The third kappa shape index (κ3) is 2.46. The van der Waals surface area contributed by atoms with Crippen molar-refractivity contribution in [3.8, 4) is 0 Å². The van der Waals surface area contributed by atoms with E-state index in [-0.39, 0.29) is 9.23 Å². The Bertz CT molecular complexity index is 444. The lowest BCUT2D eigenvalue weighted by molar-refractivity contribution is 0.0825. The second-order valence-electron chi connectivity index (χ2n) is 3.35. The standard InChI is InChI=1S/C7H10ClNO3S2/c1-7(2,10)5-3-4(8)6(13-5)14(9,11)12/h3,10H,1-2H3,(H2,9,11,12). The molecule has 0 amide bonds. The molecule has 1 rings (SSSR count). The zero-order chi connectivity index (χ0) is 11.1. The van der Waals surface area contributed by atoms with Gasteiger partial charge in [0.15, 0.2) is 4.21 Å². The largest absolute Gasteiger partial charge is 0.385 e. The van der Waals surface area contributed by atoms with Crippen molar-refractivity contribution in [2.75, 3.05) is 0 Å². The molecule has 0 aliphatic rings. The minimum absolute atomic E-state index is 0.0506. The predicted octanol–water partition coefficient (Wildman–Crippen LogP) is 1.28. The summed E-state index contributed by atoms with van der Waals surface area (Å²) in [6.07, 6.45) is 0. The van der Waals surface area contributed by atoms with Gasteiger partial charge in [0, 0.05) is 4.88 Å². The number of thiophene rings is 1. The molecule has 0 aromatic carbocycles. The number of primary sulfonamides is 1. The summed E-state index contributed by atoms with van der Waals surface area (Å²) < 4.78 is 21.9. The summed E-state index contributed by atoms with van der Waals surface area (Å²) in [5, 5.41) is 14.6. The summed E-state index contributed by atoms with van der Waals surface area (Å²) >= 11 is 6.55. The highest BCUT2D eigenvalue weighted by molar-refractivity contribution is 7.91. The number of aliphatic hydroxyl groups is 1. The topological polar surface area (TPSA) is 80.4 Å². The van der Waals surface area contributed by atoms with Gasteiger partial charge < -0.3 is 5.11 Å². The van der Waals surface area contributed by atoms with Gasteiger partial charge in [0.1, 0.15) is 0 Å². The fraction of sp³-hybridized carbons (Fsp3) is 0.429. The molecule has 0 spiro atoms. The molecule has 4 nitrogen and oxygen atoms in total. The van der Waals surface area contributed by atoms with Crippen LogP contribution in [0.25, 0.3) is 0 Å². The first-order valence-corrected chi connectivity index (χ1v) is 6.41.